The number of isocyanates is 2. The van der Waals surface area contributed by atoms with Gasteiger partial charge in [0.1, 0.15) is 0 Å². The van der Waals surface area contributed by atoms with E-state index in [9.17, 15) is 0 Å². The number of hydrogen-bond donors (Lipinski definition) is 2. The van der Waals surface area contributed by atoms with E-state index in [1.807, 2.05) is 0 Å². The molecule has 0 spiro atoms. The van der Waals surface area contributed by atoms with E-state index in [1.165, 1.54) is 11.1 Å². The van der Waals surface area contributed by atoms with E-state index in [4.69, 9.17) is 20.4 Å². The Labute approximate surface area is 108 Å². The average Bonchev–Trinajstić information content (AvgIpc) is 2.31. The number of hydrogen-bond acceptors (Lipinski definition) is 4. The predicted octanol–water partition coefficient (Wildman–Crippen LogP) is 3.74. The lowest BCUT2D eigenvalue weighted by Gasteiger charge is -2.14. The first kappa shape index (κ1) is 18.3. The van der Waals surface area contributed by atoms with Crippen molar-refractivity contribution in [3.05, 3.63) is 35.4 Å². The first-order chi connectivity index (χ1) is 8.45. The largest absolute Gasteiger partial charge is 0.231 e. The van der Waals surface area contributed by atoms with E-state index < -0.39 is 0 Å². The molecule has 0 bridgehead atoms. The molecule has 0 saturated carbocycles. The second kappa shape index (κ2) is 11.5. The Morgan fingerprint density at radius 3 is 1.22 bits per heavy atom. The summed E-state index contributed by atoms with van der Waals surface area (Å²) in [5.41, 5.74) is 2.99. The quantitative estimate of drug-likeness (QED) is 0.617. The summed E-state index contributed by atoms with van der Waals surface area (Å²) in [6.07, 6.45) is 1.50. The zero-order valence-corrected chi connectivity index (χ0v) is 11.3. The van der Waals surface area contributed by atoms with Crippen LogP contribution in [0.15, 0.2) is 24.3 Å². The maximum Gasteiger partial charge on any atom is 0.231 e. The van der Waals surface area contributed by atoms with Crippen molar-refractivity contribution in [2.75, 3.05) is 0 Å². The molecule has 0 aliphatic heterocycles. The third-order valence-electron chi connectivity index (χ3n) is 2.24. The molecule has 0 radical (unpaired) electrons. The SMILES string of the molecule is CC(C)c1ccccc1C(C)C.N=C=O.N=C=O. The molecule has 98 valence electrons. The summed E-state index contributed by atoms with van der Waals surface area (Å²) < 4.78 is 0. The Balaban J connectivity index is 0. The molecule has 1 aromatic rings. The molecule has 0 atom stereocenters. The van der Waals surface area contributed by atoms with Crippen molar-refractivity contribution in [1.29, 1.82) is 10.8 Å². The van der Waals surface area contributed by atoms with E-state index in [-0.39, 0.29) is 0 Å². The van der Waals surface area contributed by atoms with Gasteiger partial charge >= 0.3 is 0 Å². The van der Waals surface area contributed by atoms with Crippen molar-refractivity contribution in [3.8, 4) is 0 Å². The highest BCUT2D eigenvalue weighted by atomic mass is 16.1. The van der Waals surface area contributed by atoms with Crippen molar-refractivity contribution in [3.63, 3.8) is 0 Å². The van der Waals surface area contributed by atoms with Crippen LogP contribution in [0.2, 0.25) is 0 Å². The lowest BCUT2D eigenvalue weighted by molar-refractivity contribution is 0.562. The highest BCUT2D eigenvalue weighted by Gasteiger charge is 2.07. The molecule has 0 amide bonds. The summed E-state index contributed by atoms with van der Waals surface area (Å²) in [5, 5.41) is 10.8. The molecule has 0 saturated heterocycles. The molecule has 0 fully saturated rings. The molecule has 0 heterocycles. The Morgan fingerprint density at radius 2 is 1.06 bits per heavy atom. The van der Waals surface area contributed by atoms with Gasteiger partial charge in [-0.25, -0.2) is 20.4 Å². The maximum atomic E-state index is 8.35. The van der Waals surface area contributed by atoms with E-state index in [0.29, 0.717) is 11.8 Å². The van der Waals surface area contributed by atoms with Gasteiger partial charge in [0.2, 0.25) is 12.2 Å². The molecule has 0 aliphatic carbocycles. The van der Waals surface area contributed by atoms with Crippen LogP contribution in [0.25, 0.3) is 0 Å². The van der Waals surface area contributed by atoms with Crippen molar-refractivity contribution in [2.45, 2.75) is 39.5 Å². The molecule has 0 unspecified atom stereocenters. The van der Waals surface area contributed by atoms with Crippen molar-refractivity contribution in [1.82, 2.24) is 0 Å². The van der Waals surface area contributed by atoms with Crippen LogP contribution in [-0.2, 0) is 9.59 Å². The van der Waals surface area contributed by atoms with E-state index >= 15 is 0 Å². The summed E-state index contributed by atoms with van der Waals surface area (Å²) in [5.74, 6) is 1.28. The smallest absolute Gasteiger partial charge is 0.222 e. The number of benzene rings is 1. The molecule has 4 heteroatoms. The van der Waals surface area contributed by atoms with Crippen LogP contribution < -0.4 is 0 Å². The van der Waals surface area contributed by atoms with E-state index in [1.54, 1.807) is 0 Å². The van der Waals surface area contributed by atoms with Gasteiger partial charge in [-0.2, -0.15) is 0 Å². The molecule has 4 nitrogen and oxygen atoms in total. The Hall–Kier alpha value is -2.02. The van der Waals surface area contributed by atoms with Crippen LogP contribution >= 0.6 is 0 Å². The topological polar surface area (TPSA) is 81.8 Å². The fraction of sp³-hybridized carbons (Fsp3) is 0.429. The standard InChI is InChI=1S/C12H18.2CHNO/c1-9(2)11-7-5-6-8-12(11)10(3)4;2*2-1-3/h5-10H,1-4H3;2*2H. The van der Waals surface area contributed by atoms with Crippen LogP contribution in [0.4, 0.5) is 0 Å². The number of rotatable bonds is 2. The van der Waals surface area contributed by atoms with Gasteiger partial charge < -0.3 is 0 Å². The second-order valence-corrected chi connectivity index (χ2v) is 4.14. The van der Waals surface area contributed by atoms with Crippen LogP contribution in [-0.4, -0.2) is 12.2 Å². The van der Waals surface area contributed by atoms with Crippen LogP contribution in [0.5, 0.6) is 0 Å². The molecule has 0 aromatic heterocycles. The summed E-state index contributed by atoms with van der Waals surface area (Å²) in [6, 6.07) is 8.72. The molecule has 1 rings (SSSR count). The first-order valence-electron chi connectivity index (χ1n) is 5.62. The van der Waals surface area contributed by atoms with Gasteiger partial charge in [0.05, 0.1) is 0 Å². The first-order valence-corrected chi connectivity index (χ1v) is 5.62. The molecule has 1 aromatic carbocycles. The lowest BCUT2D eigenvalue weighted by atomic mass is 9.91. The number of carbonyl (C=O) groups excluding carboxylic acids is 2. The molecular weight excluding hydrogens is 228 g/mol. The van der Waals surface area contributed by atoms with Crippen molar-refractivity contribution in [2.24, 2.45) is 0 Å². The average molecular weight is 248 g/mol. The molecular formula is C14H20N2O2. The zero-order chi connectivity index (χ0) is 14.6. The van der Waals surface area contributed by atoms with Gasteiger partial charge in [0, 0.05) is 0 Å². The monoisotopic (exact) mass is 248 g/mol. The Kier molecular flexibility index (Phi) is 11.7. The van der Waals surface area contributed by atoms with E-state index in [0.717, 1.165) is 12.2 Å². The Morgan fingerprint density at radius 1 is 0.833 bits per heavy atom. The van der Waals surface area contributed by atoms with Gasteiger partial charge in [-0.1, -0.05) is 52.0 Å². The third kappa shape index (κ3) is 8.17. The van der Waals surface area contributed by atoms with Crippen LogP contribution in [0, 0.1) is 10.8 Å². The second-order valence-electron chi connectivity index (χ2n) is 4.14. The maximum absolute atomic E-state index is 8.35. The fourth-order valence-electron chi connectivity index (χ4n) is 1.56. The molecule has 18 heavy (non-hydrogen) atoms. The molecule has 0 aliphatic rings. The van der Waals surface area contributed by atoms with E-state index in [2.05, 4.69) is 52.0 Å². The van der Waals surface area contributed by atoms with Crippen LogP contribution in [0.1, 0.15) is 50.7 Å². The summed E-state index contributed by atoms with van der Waals surface area (Å²) in [7, 11) is 0. The van der Waals surface area contributed by atoms with Gasteiger partial charge in [-0.05, 0) is 23.0 Å². The summed E-state index contributed by atoms with van der Waals surface area (Å²) >= 11 is 0. The van der Waals surface area contributed by atoms with Gasteiger partial charge in [-0.3, -0.25) is 0 Å². The predicted molar refractivity (Wildman–Crippen MR) is 71.4 cm³/mol. The van der Waals surface area contributed by atoms with Crippen LogP contribution in [0.3, 0.4) is 0 Å². The lowest BCUT2D eigenvalue weighted by Crippen LogP contribution is -1.97. The van der Waals surface area contributed by atoms with Gasteiger partial charge in [-0.15, -0.1) is 0 Å². The minimum atomic E-state index is 0.642. The summed E-state index contributed by atoms with van der Waals surface area (Å²) in [6.45, 7) is 9.00. The van der Waals surface area contributed by atoms with Crippen molar-refractivity contribution >= 4 is 12.2 Å². The summed E-state index contributed by atoms with van der Waals surface area (Å²) in [4.78, 5) is 16.7. The van der Waals surface area contributed by atoms with Crippen molar-refractivity contribution < 1.29 is 9.59 Å². The fourth-order valence-corrected chi connectivity index (χ4v) is 1.56. The van der Waals surface area contributed by atoms with Gasteiger partial charge in [0.15, 0.2) is 0 Å². The highest BCUT2D eigenvalue weighted by Crippen LogP contribution is 2.25. The normalized spacial score (nSPS) is 8.33. The minimum absolute atomic E-state index is 0.642. The zero-order valence-electron chi connectivity index (χ0n) is 11.3. The molecule has 2 N–H and O–H groups in total. The van der Waals surface area contributed by atoms with Gasteiger partial charge in [0.25, 0.3) is 0 Å². The third-order valence-corrected chi connectivity index (χ3v) is 2.24. The number of nitrogens with one attached hydrogen (secondary N) is 2. The highest BCUT2D eigenvalue weighted by molar-refractivity contribution is 5.31. The minimum Gasteiger partial charge on any atom is -0.222 e. The Bertz CT molecular complexity index is 361.